The normalized spacial score (nSPS) is 24.0. The van der Waals surface area contributed by atoms with Crippen LogP contribution in [0.3, 0.4) is 0 Å². The number of sulfonamides is 1. The summed E-state index contributed by atoms with van der Waals surface area (Å²) in [6, 6.07) is 8.86. The van der Waals surface area contributed by atoms with Gasteiger partial charge in [-0.05, 0) is 57.2 Å². The Morgan fingerprint density at radius 1 is 1.14 bits per heavy atom. The summed E-state index contributed by atoms with van der Waals surface area (Å²) in [5.41, 5.74) is 0. The fraction of sp³-hybridized carbons (Fsp3) is 0.667. The molecule has 0 radical (unpaired) electrons. The first kappa shape index (κ1) is 21.3. The molecule has 156 valence electrons. The van der Waals surface area contributed by atoms with Gasteiger partial charge in [0.15, 0.2) is 0 Å². The molecule has 2 aliphatic rings. The Labute approximate surface area is 169 Å². The zero-order chi connectivity index (χ0) is 20.1. The lowest BCUT2D eigenvalue weighted by Crippen LogP contribution is -2.48. The van der Waals surface area contributed by atoms with E-state index < -0.39 is 10.0 Å². The molecule has 0 aliphatic carbocycles. The van der Waals surface area contributed by atoms with E-state index in [1.807, 2.05) is 0 Å². The Morgan fingerprint density at radius 2 is 1.82 bits per heavy atom. The molecule has 2 atom stereocenters. The second kappa shape index (κ2) is 9.37. The van der Waals surface area contributed by atoms with Gasteiger partial charge >= 0.3 is 0 Å². The number of carbonyl (C=O) groups excluding carboxylic acids is 1. The first-order valence-electron chi connectivity index (χ1n) is 10.4. The molecule has 1 aromatic carbocycles. The first-order chi connectivity index (χ1) is 13.4. The summed E-state index contributed by atoms with van der Waals surface area (Å²) in [6.07, 6.45) is 3.67. The third-order valence-electron chi connectivity index (χ3n) is 6.09. The van der Waals surface area contributed by atoms with Gasteiger partial charge in [0.1, 0.15) is 0 Å². The fourth-order valence-electron chi connectivity index (χ4n) is 4.25. The zero-order valence-corrected chi connectivity index (χ0v) is 17.8. The molecule has 0 saturated carbocycles. The van der Waals surface area contributed by atoms with Gasteiger partial charge in [-0.15, -0.1) is 0 Å². The van der Waals surface area contributed by atoms with Crippen molar-refractivity contribution in [1.29, 1.82) is 0 Å². The standard InChI is InChI=1S/C21H33N3O3S/c1-17-7-6-12-23(16-17)18(2)15-22-21(25)19-10-13-24(14-11-19)28(26,27)20-8-4-3-5-9-20/h3-5,8-9,17-19H,6-7,10-16H2,1-2H3,(H,22,25). The zero-order valence-electron chi connectivity index (χ0n) is 17.0. The van der Waals surface area contributed by atoms with Crippen molar-refractivity contribution >= 4 is 15.9 Å². The highest BCUT2D eigenvalue weighted by Gasteiger charge is 2.32. The van der Waals surface area contributed by atoms with Crippen molar-refractivity contribution < 1.29 is 13.2 Å². The average molecular weight is 408 g/mol. The number of hydrogen-bond donors (Lipinski definition) is 1. The van der Waals surface area contributed by atoms with Crippen molar-refractivity contribution in [3.8, 4) is 0 Å². The average Bonchev–Trinajstić information content (AvgIpc) is 2.72. The molecular weight excluding hydrogens is 374 g/mol. The Balaban J connectivity index is 1.46. The van der Waals surface area contributed by atoms with Crippen LogP contribution in [0.4, 0.5) is 0 Å². The molecule has 0 aromatic heterocycles. The number of piperidine rings is 2. The summed E-state index contributed by atoms with van der Waals surface area (Å²) >= 11 is 0. The summed E-state index contributed by atoms with van der Waals surface area (Å²) in [5, 5.41) is 3.10. The number of likely N-dealkylation sites (tertiary alicyclic amines) is 1. The Hall–Kier alpha value is -1.44. The molecule has 1 aromatic rings. The van der Waals surface area contributed by atoms with Crippen molar-refractivity contribution in [3.05, 3.63) is 30.3 Å². The predicted octanol–water partition coefficient (Wildman–Crippen LogP) is 2.32. The van der Waals surface area contributed by atoms with Crippen molar-refractivity contribution in [3.63, 3.8) is 0 Å². The van der Waals surface area contributed by atoms with Gasteiger partial charge in [0.05, 0.1) is 4.90 Å². The molecule has 2 aliphatic heterocycles. The third-order valence-corrected chi connectivity index (χ3v) is 8.00. The van der Waals surface area contributed by atoms with Crippen LogP contribution in [0.25, 0.3) is 0 Å². The molecule has 7 heteroatoms. The van der Waals surface area contributed by atoms with Crippen LogP contribution in [0.2, 0.25) is 0 Å². The van der Waals surface area contributed by atoms with E-state index in [-0.39, 0.29) is 11.8 Å². The highest BCUT2D eigenvalue weighted by Crippen LogP contribution is 2.24. The quantitative estimate of drug-likeness (QED) is 0.786. The molecule has 2 heterocycles. The van der Waals surface area contributed by atoms with Crippen molar-refractivity contribution in [1.82, 2.24) is 14.5 Å². The number of benzene rings is 1. The van der Waals surface area contributed by atoms with E-state index in [1.165, 1.54) is 17.1 Å². The molecule has 28 heavy (non-hydrogen) atoms. The maximum absolute atomic E-state index is 12.7. The van der Waals surface area contributed by atoms with Gasteiger partial charge in [-0.3, -0.25) is 9.69 Å². The summed E-state index contributed by atoms with van der Waals surface area (Å²) in [7, 11) is -3.46. The molecular formula is C21H33N3O3S. The highest BCUT2D eigenvalue weighted by atomic mass is 32.2. The van der Waals surface area contributed by atoms with Crippen LogP contribution < -0.4 is 5.32 Å². The van der Waals surface area contributed by atoms with Crippen LogP contribution in [0.5, 0.6) is 0 Å². The molecule has 2 fully saturated rings. The predicted molar refractivity (Wildman–Crippen MR) is 110 cm³/mol. The van der Waals surface area contributed by atoms with E-state index in [4.69, 9.17) is 0 Å². The number of hydrogen-bond acceptors (Lipinski definition) is 4. The molecule has 1 amide bonds. The van der Waals surface area contributed by atoms with Crippen LogP contribution in [-0.4, -0.2) is 62.3 Å². The van der Waals surface area contributed by atoms with E-state index in [0.29, 0.717) is 43.4 Å². The number of nitrogens with one attached hydrogen (secondary N) is 1. The number of carbonyl (C=O) groups is 1. The summed E-state index contributed by atoms with van der Waals surface area (Å²) in [5.74, 6) is 0.686. The molecule has 1 N–H and O–H groups in total. The van der Waals surface area contributed by atoms with E-state index in [9.17, 15) is 13.2 Å². The van der Waals surface area contributed by atoms with Gasteiger partial charge in [-0.2, -0.15) is 4.31 Å². The second-order valence-electron chi connectivity index (χ2n) is 8.33. The second-order valence-corrected chi connectivity index (χ2v) is 10.3. The first-order valence-corrected chi connectivity index (χ1v) is 11.9. The SMILES string of the molecule is CC1CCCN(C(C)CNC(=O)C2CCN(S(=O)(=O)c3ccccc3)CC2)C1. The minimum absolute atomic E-state index is 0.0636. The largest absolute Gasteiger partial charge is 0.354 e. The van der Waals surface area contributed by atoms with Gasteiger partial charge in [0.2, 0.25) is 15.9 Å². The topological polar surface area (TPSA) is 69.7 Å². The smallest absolute Gasteiger partial charge is 0.243 e. The third kappa shape index (κ3) is 5.13. The van der Waals surface area contributed by atoms with Gasteiger partial charge in [-0.1, -0.05) is 25.1 Å². The molecule has 0 spiro atoms. The Morgan fingerprint density at radius 3 is 2.46 bits per heavy atom. The molecule has 2 saturated heterocycles. The molecule has 3 rings (SSSR count). The van der Waals surface area contributed by atoms with E-state index in [1.54, 1.807) is 30.3 Å². The number of rotatable bonds is 6. The lowest BCUT2D eigenvalue weighted by molar-refractivity contribution is -0.126. The van der Waals surface area contributed by atoms with Crippen molar-refractivity contribution in [2.24, 2.45) is 11.8 Å². The monoisotopic (exact) mass is 407 g/mol. The summed E-state index contributed by atoms with van der Waals surface area (Å²) in [4.78, 5) is 15.4. The van der Waals surface area contributed by atoms with Crippen LogP contribution in [-0.2, 0) is 14.8 Å². The highest BCUT2D eigenvalue weighted by molar-refractivity contribution is 7.89. The minimum Gasteiger partial charge on any atom is -0.354 e. The van der Waals surface area contributed by atoms with Crippen molar-refractivity contribution in [2.45, 2.75) is 50.5 Å². The molecule has 0 bridgehead atoms. The number of amides is 1. The maximum Gasteiger partial charge on any atom is 0.243 e. The summed E-state index contributed by atoms with van der Waals surface area (Å²) < 4.78 is 26.9. The van der Waals surface area contributed by atoms with E-state index in [0.717, 1.165) is 19.0 Å². The van der Waals surface area contributed by atoms with Crippen LogP contribution in [0.1, 0.15) is 39.5 Å². The number of nitrogens with zero attached hydrogens (tertiary/aromatic N) is 2. The molecule has 6 nitrogen and oxygen atoms in total. The van der Waals surface area contributed by atoms with E-state index in [2.05, 4.69) is 24.1 Å². The lowest BCUT2D eigenvalue weighted by atomic mass is 9.97. The Kier molecular flexibility index (Phi) is 7.12. The van der Waals surface area contributed by atoms with E-state index >= 15 is 0 Å². The van der Waals surface area contributed by atoms with Crippen LogP contribution in [0.15, 0.2) is 35.2 Å². The Bertz CT molecular complexity index is 745. The fourth-order valence-corrected chi connectivity index (χ4v) is 5.74. The van der Waals surface area contributed by atoms with Gasteiger partial charge in [0, 0.05) is 38.1 Å². The minimum atomic E-state index is -3.46. The van der Waals surface area contributed by atoms with Gasteiger partial charge in [-0.25, -0.2) is 8.42 Å². The van der Waals surface area contributed by atoms with Gasteiger partial charge in [0.25, 0.3) is 0 Å². The van der Waals surface area contributed by atoms with Gasteiger partial charge < -0.3 is 5.32 Å². The summed E-state index contributed by atoms with van der Waals surface area (Å²) in [6.45, 7) is 8.13. The lowest BCUT2D eigenvalue weighted by Gasteiger charge is -2.36. The van der Waals surface area contributed by atoms with Crippen molar-refractivity contribution in [2.75, 3.05) is 32.7 Å². The van der Waals surface area contributed by atoms with Crippen LogP contribution in [0, 0.1) is 11.8 Å². The molecule has 2 unspecified atom stereocenters. The maximum atomic E-state index is 12.7. The van der Waals surface area contributed by atoms with Crippen LogP contribution >= 0.6 is 0 Å².